The van der Waals surface area contributed by atoms with E-state index in [4.69, 9.17) is 5.73 Å². The van der Waals surface area contributed by atoms with E-state index in [1.54, 1.807) is 11.9 Å². The highest BCUT2D eigenvalue weighted by Crippen LogP contribution is 2.36. The average Bonchev–Trinajstić information content (AvgIpc) is 2.62. The first-order chi connectivity index (χ1) is 9.33. The van der Waals surface area contributed by atoms with Gasteiger partial charge in [0.15, 0.2) is 0 Å². The predicted molar refractivity (Wildman–Crippen MR) is 79.0 cm³/mol. The quantitative estimate of drug-likeness (QED) is 0.858. The van der Waals surface area contributed by atoms with E-state index in [9.17, 15) is 9.90 Å². The van der Waals surface area contributed by atoms with Crippen LogP contribution in [0.2, 0.25) is 0 Å². The molecule has 1 heterocycles. The molecule has 1 aliphatic heterocycles. The van der Waals surface area contributed by atoms with Crippen LogP contribution in [0.1, 0.15) is 58.8 Å². The van der Waals surface area contributed by atoms with E-state index in [-0.39, 0.29) is 17.4 Å². The number of amides is 1. The summed E-state index contributed by atoms with van der Waals surface area (Å²) >= 11 is 0. The second-order valence-electron chi connectivity index (χ2n) is 7.36. The van der Waals surface area contributed by atoms with E-state index in [0.717, 1.165) is 6.42 Å². The monoisotopic (exact) mass is 281 g/mol. The first-order valence-electron chi connectivity index (χ1n) is 8.00. The molecule has 1 radical (unpaired) electrons. The highest BCUT2D eigenvalue weighted by molar-refractivity contribution is 5.82. The molecule has 20 heavy (non-hydrogen) atoms. The molecule has 4 heteroatoms. The third-order valence-corrected chi connectivity index (χ3v) is 5.41. The van der Waals surface area contributed by atoms with Gasteiger partial charge in [0.1, 0.15) is 0 Å². The summed E-state index contributed by atoms with van der Waals surface area (Å²) in [6.07, 6.45) is 6.78. The molecule has 0 aromatic rings. The third kappa shape index (κ3) is 3.17. The van der Waals surface area contributed by atoms with Crippen molar-refractivity contribution in [1.82, 2.24) is 10.6 Å². The van der Waals surface area contributed by atoms with Gasteiger partial charge < -0.3 is 10.0 Å². The van der Waals surface area contributed by atoms with Crippen molar-refractivity contribution in [3.8, 4) is 0 Å². The van der Waals surface area contributed by atoms with Crippen molar-refractivity contribution in [3.05, 3.63) is 0 Å². The number of nitrogens with one attached hydrogen (secondary N) is 1. The molecule has 3 atom stereocenters. The molecule has 1 unspecified atom stereocenters. The number of nitrogens with zero attached hydrogens (tertiary/aromatic N) is 1. The zero-order chi connectivity index (χ0) is 14.9. The van der Waals surface area contributed by atoms with E-state index in [1.807, 2.05) is 13.8 Å². The van der Waals surface area contributed by atoms with Crippen LogP contribution >= 0.6 is 0 Å². The number of aliphatic hydroxyl groups is 1. The normalized spacial score (nSPS) is 30.6. The van der Waals surface area contributed by atoms with Gasteiger partial charge in [-0.2, -0.15) is 0 Å². The van der Waals surface area contributed by atoms with Gasteiger partial charge in [-0.15, -0.1) is 0 Å². The SMILES string of the molecule is CN1C(=O)[C@H]([C@H](O)C([NH])CC2CCCCC2)CC1(C)C. The second kappa shape index (κ2) is 6.02. The molecule has 2 aliphatic rings. The summed E-state index contributed by atoms with van der Waals surface area (Å²) in [6, 6.07) is -0.519. The third-order valence-electron chi connectivity index (χ3n) is 5.41. The van der Waals surface area contributed by atoms with Gasteiger partial charge in [0.25, 0.3) is 0 Å². The minimum absolute atomic E-state index is 0.00314. The number of rotatable bonds is 4. The Balaban J connectivity index is 1.93. The Hall–Kier alpha value is -0.610. The summed E-state index contributed by atoms with van der Waals surface area (Å²) in [4.78, 5) is 14.0. The van der Waals surface area contributed by atoms with Crippen molar-refractivity contribution in [1.29, 1.82) is 0 Å². The van der Waals surface area contributed by atoms with Crippen LogP contribution in [-0.2, 0) is 4.79 Å². The Morgan fingerprint density at radius 3 is 2.45 bits per heavy atom. The van der Waals surface area contributed by atoms with Crippen LogP contribution in [0.25, 0.3) is 0 Å². The molecule has 1 saturated heterocycles. The van der Waals surface area contributed by atoms with E-state index in [2.05, 4.69) is 0 Å². The van der Waals surface area contributed by atoms with Crippen molar-refractivity contribution >= 4 is 5.91 Å². The van der Waals surface area contributed by atoms with Gasteiger partial charge in [0.2, 0.25) is 5.91 Å². The summed E-state index contributed by atoms with van der Waals surface area (Å²) in [5.41, 5.74) is 8.04. The minimum atomic E-state index is -0.811. The molecule has 0 aromatic carbocycles. The average molecular weight is 281 g/mol. The van der Waals surface area contributed by atoms with Crippen LogP contribution in [0.4, 0.5) is 0 Å². The minimum Gasteiger partial charge on any atom is -0.391 e. The summed E-state index contributed by atoms with van der Waals surface area (Å²) in [5, 5.41) is 10.4. The molecule has 0 aromatic heterocycles. The largest absolute Gasteiger partial charge is 0.391 e. The fourth-order valence-electron chi connectivity index (χ4n) is 3.78. The number of carbonyl (C=O) groups excluding carboxylic acids is 1. The lowest BCUT2D eigenvalue weighted by Gasteiger charge is -2.28. The number of carbonyl (C=O) groups is 1. The first kappa shape index (κ1) is 15.8. The van der Waals surface area contributed by atoms with Gasteiger partial charge in [0.05, 0.1) is 12.0 Å². The van der Waals surface area contributed by atoms with Crippen LogP contribution in [0.5, 0.6) is 0 Å². The first-order valence-corrected chi connectivity index (χ1v) is 8.00. The molecule has 1 aliphatic carbocycles. The smallest absolute Gasteiger partial charge is 0.228 e. The van der Waals surface area contributed by atoms with Crippen LogP contribution in [0, 0.1) is 11.8 Å². The van der Waals surface area contributed by atoms with Crippen LogP contribution in [0.15, 0.2) is 0 Å². The summed E-state index contributed by atoms with van der Waals surface area (Å²) in [6.45, 7) is 4.05. The van der Waals surface area contributed by atoms with Crippen LogP contribution in [-0.4, -0.2) is 40.6 Å². The maximum atomic E-state index is 12.2. The number of likely N-dealkylation sites (tertiary alicyclic amines) is 1. The van der Waals surface area contributed by atoms with E-state index < -0.39 is 12.1 Å². The molecule has 1 saturated carbocycles. The molecule has 1 amide bonds. The molecular formula is C16H29N2O2. The Bertz CT molecular complexity index is 350. The van der Waals surface area contributed by atoms with Crippen molar-refractivity contribution in [3.63, 3.8) is 0 Å². The lowest BCUT2D eigenvalue weighted by Crippen LogP contribution is -2.40. The van der Waals surface area contributed by atoms with Crippen molar-refractivity contribution in [2.75, 3.05) is 7.05 Å². The topological polar surface area (TPSA) is 64.3 Å². The Morgan fingerprint density at radius 1 is 1.35 bits per heavy atom. The summed E-state index contributed by atoms with van der Waals surface area (Å²) < 4.78 is 0. The highest BCUT2D eigenvalue weighted by atomic mass is 16.3. The molecule has 2 rings (SSSR count). The Kier molecular flexibility index (Phi) is 4.75. The van der Waals surface area contributed by atoms with Crippen LogP contribution < -0.4 is 5.73 Å². The molecule has 2 N–H and O–H groups in total. The Morgan fingerprint density at radius 2 is 1.95 bits per heavy atom. The number of hydrogen-bond donors (Lipinski definition) is 1. The summed E-state index contributed by atoms with van der Waals surface area (Å²) in [7, 11) is 1.80. The van der Waals surface area contributed by atoms with E-state index >= 15 is 0 Å². The molecule has 0 spiro atoms. The number of aliphatic hydroxyl groups excluding tert-OH is 1. The number of hydrogen-bond acceptors (Lipinski definition) is 2. The fourth-order valence-corrected chi connectivity index (χ4v) is 3.78. The van der Waals surface area contributed by atoms with Crippen molar-refractivity contribution in [2.24, 2.45) is 11.8 Å². The van der Waals surface area contributed by atoms with Gasteiger partial charge in [0, 0.05) is 18.6 Å². The lowest BCUT2D eigenvalue weighted by atomic mass is 9.81. The molecule has 115 valence electrons. The van der Waals surface area contributed by atoms with Crippen molar-refractivity contribution in [2.45, 2.75) is 76.5 Å². The van der Waals surface area contributed by atoms with Gasteiger partial charge in [-0.25, -0.2) is 0 Å². The molecule has 4 nitrogen and oxygen atoms in total. The van der Waals surface area contributed by atoms with Crippen LogP contribution in [0.3, 0.4) is 0 Å². The van der Waals surface area contributed by atoms with Gasteiger partial charge >= 0.3 is 0 Å². The molecule has 0 bridgehead atoms. The van der Waals surface area contributed by atoms with E-state index in [1.165, 1.54) is 32.1 Å². The zero-order valence-corrected chi connectivity index (χ0v) is 13.1. The maximum absolute atomic E-state index is 12.2. The predicted octanol–water partition coefficient (Wildman–Crippen LogP) is 2.23. The van der Waals surface area contributed by atoms with Gasteiger partial charge in [-0.1, -0.05) is 32.1 Å². The summed E-state index contributed by atoms with van der Waals surface area (Å²) in [5.74, 6) is 0.188. The standard InChI is InChI=1S/C16H29N2O2/c1-16(2)10-12(15(20)18(16)3)14(19)13(17)9-11-7-5-4-6-8-11/h11-14,17,19H,4-10H2,1-3H3/t12-,13?,14-/m0/s1. The highest BCUT2D eigenvalue weighted by Gasteiger charge is 2.47. The van der Waals surface area contributed by atoms with Gasteiger partial charge in [-0.05, 0) is 32.6 Å². The maximum Gasteiger partial charge on any atom is 0.228 e. The lowest BCUT2D eigenvalue weighted by molar-refractivity contribution is -0.135. The molecular weight excluding hydrogens is 252 g/mol. The Labute approximate surface area is 122 Å². The fraction of sp³-hybridized carbons (Fsp3) is 0.938. The van der Waals surface area contributed by atoms with E-state index in [0.29, 0.717) is 12.3 Å². The second-order valence-corrected chi connectivity index (χ2v) is 7.36. The van der Waals surface area contributed by atoms with Gasteiger partial charge in [-0.3, -0.25) is 10.5 Å². The van der Waals surface area contributed by atoms with Crippen molar-refractivity contribution < 1.29 is 9.90 Å². The molecule has 2 fully saturated rings. The zero-order valence-electron chi connectivity index (χ0n) is 13.1.